The molecular weight excluding hydrogens is 210 g/mol. The molecule has 1 amide bonds. The molecule has 0 atom stereocenters. The van der Waals surface area contributed by atoms with Gasteiger partial charge in [-0.1, -0.05) is 39.0 Å². The first-order valence-corrected chi connectivity index (χ1v) is 6.46. The molecule has 0 fully saturated rings. The Morgan fingerprint density at radius 1 is 1.35 bits per heavy atom. The van der Waals surface area contributed by atoms with Gasteiger partial charge in [-0.3, -0.25) is 4.79 Å². The summed E-state index contributed by atoms with van der Waals surface area (Å²) in [4.78, 5) is 14.1. The van der Waals surface area contributed by atoms with E-state index in [1.807, 2.05) is 11.0 Å². The van der Waals surface area contributed by atoms with Crippen LogP contribution in [0.5, 0.6) is 0 Å². The monoisotopic (exact) mass is 231 g/mol. The maximum Gasteiger partial charge on any atom is 0.226 e. The van der Waals surface area contributed by atoms with Gasteiger partial charge in [0.2, 0.25) is 5.91 Å². The fourth-order valence-electron chi connectivity index (χ4n) is 2.54. The predicted octanol–water partition coefficient (Wildman–Crippen LogP) is 3.50. The van der Waals surface area contributed by atoms with Crippen LogP contribution in [0.3, 0.4) is 0 Å². The Labute approximate surface area is 104 Å². The van der Waals surface area contributed by atoms with Crippen LogP contribution < -0.4 is 4.90 Å². The van der Waals surface area contributed by atoms with E-state index in [1.165, 1.54) is 5.56 Å². The number of nitrogens with zero attached hydrogens (tertiary/aromatic N) is 1. The van der Waals surface area contributed by atoms with Crippen molar-refractivity contribution in [3.8, 4) is 0 Å². The van der Waals surface area contributed by atoms with Crippen molar-refractivity contribution in [1.29, 1.82) is 0 Å². The highest BCUT2D eigenvalue weighted by Crippen LogP contribution is 2.39. The standard InChI is InChI=1S/C15H21NO/c1-4-7-14(17)16-11-10-15(2,3)12-8-5-6-9-13(12)16/h5-6,8-9H,4,7,10-11H2,1-3H3. The minimum absolute atomic E-state index is 0.180. The molecule has 1 aromatic rings. The molecule has 2 nitrogen and oxygen atoms in total. The molecular formula is C15H21NO. The first-order chi connectivity index (χ1) is 8.06. The normalized spacial score (nSPS) is 17.7. The van der Waals surface area contributed by atoms with Gasteiger partial charge < -0.3 is 4.90 Å². The van der Waals surface area contributed by atoms with Crippen LogP contribution in [0, 0.1) is 0 Å². The summed E-state index contributed by atoms with van der Waals surface area (Å²) in [5.41, 5.74) is 2.59. The molecule has 0 saturated heterocycles. The number of amides is 1. The second-order valence-corrected chi connectivity index (χ2v) is 5.45. The van der Waals surface area contributed by atoms with Crippen molar-refractivity contribution < 1.29 is 4.79 Å². The number of carbonyl (C=O) groups is 1. The number of para-hydroxylation sites is 1. The van der Waals surface area contributed by atoms with Crippen molar-refractivity contribution in [2.75, 3.05) is 11.4 Å². The van der Waals surface area contributed by atoms with Gasteiger partial charge in [0, 0.05) is 18.7 Å². The third kappa shape index (κ3) is 2.21. The summed E-state index contributed by atoms with van der Waals surface area (Å²) in [6.07, 6.45) is 2.61. The number of fused-ring (bicyclic) bond motifs is 1. The Kier molecular flexibility index (Phi) is 3.23. The molecule has 1 aliphatic rings. The van der Waals surface area contributed by atoms with Gasteiger partial charge in [-0.05, 0) is 29.9 Å². The lowest BCUT2D eigenvalue weighted by Crippen LogP contribution is -2.40. The van der Waals surface area contributed by atoms with Crippen molar-refractivity contribution in [2.24, 2.45) is 0 Å². The van der Waals surface area contributed by atoms with E-state index >= 15 is 0 Å². The Morgan fingerprint density at radius 2 is 2.06 bits per heavy atom. The second kappa shape index (κ2) is 4.52. The molecule has 1 heterocycles. The summed E-state index contributed by atoms with van der Waals surface area (Å²) >= 11 is 0. The molecule has 0 radical (unpaired) electrons. The number of hydrogen-bond acceptors (Lipinski definition) is 1. The summed E-state index contributed by atoms with van der Waals surface area (Å²) in [6.45, 7) is 7.42. The second-order valence-electron chi connectivity index (χ2n) is 5.45. The topological polar surface area (TPSA) is 20.3 Å². The molecule has 1 aromatic carbocycles. The van der Waals surface area contributed by atoms with Crippen molar-refractivity contribution in [3.05, 3.63) is 29.8 Å². The average Bonchev–Trinajstić information content (AvgIpc) is 2.29. The van der Waals surface area contributed by atoms with Crippen molar-refractivity contribution in [2.45, 2.75) is 45.4 Å². The third-order valence-corrected chi connectivity index (χ3v) is 3.65. The van der Waals surface area contributed by atoms with Crippen molar-refractivity contribution in [3.63, 3.8) is 0 Å². The van der Waals surface area contributed by atoms with Crippen LogP contribution in [-0.2, 0) is 10.2 Å². The van der Waals surface area contributed by atoms with Gasteiger partial charge in [0.15, 0.2) is 0 Å². The van der Waals surface area contributed by atoms with Crippen LogP contribution in [-0.4, -0.2) is 12.5 Å². The highest BCUT2D eigenvalue weighted by molar-refractivity contribution is 5.94. The first kappa shape index (κ1) is 12.2. The summed E-state index contributed by atoms with van der Waals surface area (Å²) in [7, 11) is 0. The lowest BCUT2D eigenvalue weighted by molar-refractivity contribution is -0.118. The number of carbonyl (C=O) groups excluding carboxylic acids is 1. The van der Waals surface area contributed by atoms with E-state index in [1.54, 1.807) is 0 Å². The molecule has 17 heavy (non-hydrogen) atoms. The van der Waals surface area contributed by atoms with E-state index in [9.17, 15) is 4.79 Å². The minimum Gasteiger partial charge on any atom is -0.312 e. The maximum absolute atomic E-state index is 12.1. The van der Waals surface area contributed by atoms with Crippen molar-refractivity contribution >= 4 is 11.6 Å². The Balaban J connectivity index is 2.38. The Morgan fingerprint density at radius 3 is 2.76 bits per heavy atom. The fourth-order valence-corrected chi connectivity index (χ4v) is 2.54. The van der Waals surface area contributed by atoms with Crippen LogP contribution in [0.1, 0.15) is 45.6 Å². The zero-order valence-electron chi connectivity index (χ0n) is 11.0. The van der Waals surface area contributed by atoms with E-state index in [2.05, 4.69) is 39.0 Å². The summed E-state index contributed by atoms with van der Waals surface area (Å²) in [5.74, 6) is 0.260. The van der Waals surface area contributed by atoms with E-state index in [0.717, 1.165) is 25.1 Å². The molecule has 2 heteroatoms. The maximum atomic E-state index is 12.1. The zero-order chi connectivity index (χ0) is 12.5. The van der Waals surface area contributed by atoms with Crippen LogP contribution >= 0.6 is 0 Å². The van der Waals surface area contributed by atoms with E-state index in [-0.39, 0.29) is 11.3 Å². The smallest absolute Gasteiger partial charge is 0.226 e. The number of hydrogen-bond donors (Lipinski definition) is 0. The number of rotatable bonds is 2. The molecule has 0 aliphatic carbocycles. The Bertz CT molecular complexity index is 423. The molecule has 92 valence electrons. The Hall–Kier alpha value is -1.31. The van der Waals surface area contributed by atoms with Crippen molar-refractivity contribution in [1.82, 2.24) is 0 Å². The third-order valence-electron chi connectivity index (χ3n) is 3.65. The van der Waals surface area contributed by atoms with Gasteiger partial charge in [0.1, 0.15) is 0 Å². The average molecular weight is 231 g/mol. The molecule has 0 bridgehead atoms. The first-order valence-electron chi connectivity index (χ1n) is 6.46. The quantitative estimate of drug-likeness (QED) is 0.763. The number of anilines is 1. The fraction of sp³-hybridized carbons (Fsp3) is 0.533. The largest absolute Gasteiger partial charge is 0.312 e. The van der Waals surface area contributed by atoms with Gasteiger partial charge >= 0.3 is 0 Å². The molecule has 0 spiro atoms. The predicted molar refractivity (Wildman–Crippen MR) is 71.3 cm³/mol. The van der Waals surface area contributed by atoms with Gasteiger partial charge in [-0.15, -0.1) is 0 Å². The molecule has 0 unspecified atom stereocenters. The van der Waals surface area contributed by atoms with Crippen LogP contribution in [0.2, 0.25) is 0 Å². The lowest BCUT2D eigenvalue weighted by atomic mass is 9.77. The lowest BCUT2D eigenvalue weighted by Gasteiger charge is -2.39. The van der Waals surface area contributed by atoms with Crippen LogP contribution in [0.25, 0.3) is 0 Å². The molecule has 0 aromatic heterocycles. The van der Waals surface area contributed by atoms with Gasteiger partial charge in [-0.2, -0.15) is 0 Å². The van der Waals surface area contributed by atoms with Gasteiger partial charge in [0.05, 0.1) is 0 Å². The summed E-state index contributed by atoms with van der Waals surface area (Å²) in [6, 6.07) is 8.31. The van der Waals surface area contributed by atoms with Crippen LogP contribution in [0.4, 0.5) is 5.69 Å². The van der Waals surface area contributed by atoms with E-state index < -0.39 is 0 Å². The highest BCUT2D eigenvalue weighted by Gasteiger charge is 2.32. The van der Waals surface area contributed by atoms with Gasteiger partial charge in [-0.25, -0.2) is 0 Å². The minimum atomic E-state index is 0.180. The zero-order valence-corrected chi connectivity index (χ0v) is 11.0. The number of benzene rings is 1. The molecule has 0 N–H and O–H groups in total. The molecule has 1 aliphatic heterocycles. The summed E-state index contributed by atoms with van der Waals surface area (Å²) in [5, 5.41) is 0. The van der Waals surface area contributed by atoms with E-state index in [4.69, 9.17) is 0 Å². The summed E-state index contributed by atoms with van der Waals surface area (Å²) < 4.78 is 0. The highest BCUT2D eigenvalue weighted by atomic mass is 16.2. The van der Waals surface area contributed by atoms with Crippen LogP contribution in [0.15, 0.2) is 24.3 Å². The van der Waals surface area contributed by atoms with Gasteiger partial charge in [0.25, 0.3) is 0 Å². The molecule has 2 rings (SSSR count). The molecule has 0 saturated carbocycles. The SMILES string of the molecule is CCCC(=O)N1CCC(C)(C)c2ccccc21. The van der Waals surface area contributed by atoms with E-state index in [0.29, 0.717) is 6.42 Å².